The Bertz CT molecular complexity index is 932. The van der Waals surface area contributed by atoms with E-state index >= 15 is 0 Å². The molecule has 0 aliphatic heterocycles. The summed E-state index contributed by atoms with van der Waals surface area (Å²) in [7, 11) is 0. The van der Waals surface area contributed by atoms with E-state index in [4.69, 9.17) is 14.9 Å². The highest BCUT2D eigenvalue weighted by molar-refractivity contribution is 6.00. The van der Waals surface area contributed by atoms with Gasteiger partial charge in [0.2, 0.25) is 11.7 Å². The van der Waals surface area contributed by atoms with Gasteiger partial charge < -0.3 is 20.2 Å². The zero-order chi connectivity index (χ0) is 19.2. The Balaban J connectivity index is 1.88. The fourth-order valence-corrected chi connectivity index (χ4v) is 2.30. The van der Waals surface area contributed by atoms with Gasteiger partial charge in [-0.1, -0.05) is 6.07 Å². The highest BCUT2D eigenvalue weighted by Crippen LogP contribution is 2.25. The summed E-state index contributed by atoms with van der Waals surface area (Å²) in [5, 5.41) is 2.69. The number of hydrogen-bond donors (Lipinski definition) is 2. The maximum atomic E-state index is 12.6. The molecule has 0 bridgehead atoms. The van der Waals surface area contributed by atoms with E-state index in [1.807, 2.05) is 13.0 Å². The molecule has 140 valence electrons. The van der Waals surface area contributed by atoms with Gasteiger partial charge in [0.25, 0.3) is 11.8 Å². The van der Waals surface area contributed by atoms with E-state index in [1.165, 1.54) is 12.5 Å². The Labute approximate surface area is 153 Å². The first-order valence-electron chi connectivity index (χ1n) is 8.05. The summed E-state index contributed by atoms with van der Waals surface area (Å²) < 4.78 is 22.9. The Kier molecular flexibility index (Phi) is 5.55. The van der Waals surface area contributed by atoms with Gasteiger partial charge in [0.15, 0.2) is 0 Å². The SMILES string of the molecule is Cc1cccnc1CNC(=O)c1c(N)nc(-c2ncco2)nc1OCCF. The van der Waals surface area contributed by atoms with Crippen molar-refractivity contribution in [2.45, 2.75) is 13.5 Å². The second kappa shape index (κ2) is 8.21. The van der Waals surface area contributed by atoms with E-state index in [2.05, 4.69) is 25.3 Å². The zero-order valence-corrected chi connectivity index (χ0v) is 14.5. The van der Waals surface area contributed by atoms with Gasteiger partial charge >= 0.3 is 0 Å². The van der Waals surface area contributed by atoms with E-state index in [9.17, 15) is 9.18 Å². The molecule has 0 unspecified atom stereocenters. The maximum absolute atomic E-state index is 12.6. The fraction of sp³-hybridized carbons (Fsp3) is 0.235. The summed E-state index contributed by atoms with van der Waals surface area (Å²) in [5.41, 5.74) is 7.47. The third-order valence-electron chi connectivity index (χ3n) is 3.60. The molecule has 1 amide bonds. The van der Waals surface area contributed by atoms with Gasteiger partial charge in [0, 0.05) is 6.20 Å². The standard InChI is InChI=1S/C17H17FN6O3/c1-10-3-2-5-20-11(10)9-22-15(25)12-13(19)23-14(17-21-6-8-27-17)24-16(12)26-7-4-18/h2-3,5-6,8H,4,7,9H2,1H3,(H,22,25)(H2,19,23,24). The van der Waals surface area contributed by atoms with E-state index in [-0.39, 0.29) is 42.1 Å². The summed E-state index contributed by atoms with van der Waals surface area (Å²) in [4.78, 5) is 28.9. The molecule has 10 heteroatoms. The van der Waals surface area contributed by atoms with Gasteiger partial charge in [-0.05, 0) is 18.6 Å². The number of nitrogens with one attached hydrogen (secondary N) is 1. The molecule has 0 spiro atoms. The number of aryl methyl sites for hydroxylation is 1. The van der Waals surface area contributed by atoms with Gasteiger partial charge in [0.1, 0.15) is 30.9 Å². The van der Waals surface area contributed by atoms with Crippen molar-refractivity contribution in [2.75, 3.05) is 19.0 Å². The molecule has 3 heterocycles. The quantitative estimate of drug-likeness (QED) is 0.641. The average molecular weight is 372 g/mol. The average Bonchev–Trinajstić information content (AvgIpc) is 3.20. The second-order valence-corrected chi connectivity index (χ2v) is 5.44. The lowest BCUT2D eigenvalue weighted by Crippen LogP contribution is -2.26. The molecule has 0 saturated carbocycles. The lowest BCUT2D eigenvalue weighted by molar-refractivity contribution is 0.0945. The Hall–Kier alpha value is -3.56. The number of alkyl halides is 1. The molecule has 0 fully saturated rings. The third kappa shape index (κ3) is 4.17. The summed E-state index contributed by atoms with van der Waals surface area (Å²) in [6, 6.07) is 3.68. The van der Waals surface area contributed by atoms with E-state index in [1.54, 1.807) is 12.3 Å². The molecule has 3 rings (SSSR count). The molecule has 0 aliphatic carbocycles. The minimum atomic E-state index is -0.758. The van der Waals surface area contributed by atoms with Crippen LogP contribution in [0.4, 0.5) is 10.2 Å². The van der Waals surface area contributed by atoms with Crippen LogP contribution in [0, 0.1) is 6.92 Å². The number of hydrogen-bond acceptors (Lipinski definition) is 8. The van der Waals surface area contributed by atoms with Crippen molar-refractivity contribution < 1.29 is 18.3 Å². The third-order valence-corrected chi connectivity index (χ3v) is 3.60. The summed E-state index contributed by atoms with van der Waals surface area (Å²) in [6.45, 7) is 1.01. The van der Waals surface area contributed by atoms with Crippen LogP contribution in [0.3, 0.4) is 0 Å². The number of oxazole rings is 1. The minimum Gasteiger partial charge on any atom is -0.474 e. The van der Waals surface area contributed by atoms with Crippen molar-refractivity contribution in [2.24, 2.45) is 0 Å². The molecule has 3 N–H and O–H groups in total. The number of amides is 1. The predicted octanol–water partition coefficient (Wildman–Crippen LogP) is 1.70. The molecule has 0 saturated heterocycles. The molecule has 9 nitrogen and oxygen atoms in total. The molecule has 3 aromatic rings. The van der Waals surface area contributed by atoms with Crippen molar-refractivity contribution >= 4 is 11.7 Å². The zero-order valence-electron chi connectivity index (χ0n) is 14.5. The van der Waals surface area contributed by atoms with Gasteiger partial charge in [-0.3, -0.25) is 9.78 Å². The second-order valence-electron chi connectivity index (χ2n) is 5.44. The van der Waals surface area contributed by atoms with Crippen molar-refractivity contribution in [3.8, 4) is 17.6 Å². The number of nitrogens with zero attached hydrogens (tertiary/aromatic N) is 4. The van der Waals surface area contributed by atoms with E-state index in [0.29, 0.717) is 5.69 Å². The number of nitrogens with two attached hydrogens (primary N) is 1. The molecular formula is C17H17FN6O3. The Morgan fingerprint density at radius 2 is 2.19 bits per heavy atom. The Morgan fingerprint density at radius 1 is 1.33 bits per heavy atom. The van der Waals surface area contributed by atoms with Gasteiger partial charge in [-0.2, -0.15) is 4.98 Å². The lowest BCUT2D eigenvalue weighted by atomic mass is 10.2. The van der Waals surface area contributed by atoms with Crippen molar-refractivity contribution in [3.63, 3.8) is 0 Å². The van der Waals surface area contributed by atoms with E-state index in [0.717, 1.165) is 5.56 Å². The van der Waals surface area contributed by atoms with Crippen LogP contribution in [0.5, 0.6) is 5.88 Å². The van der Waals surface area contributed by atoms with Gasteiger partial charge in [-0.25, -0.2) is 14.4 Å². The fourth-order valence-electron chi connectivity index (χ4n) is 2.30. The smallest absolute Gasteiger partial charge is 0.265 e. The molecule has 0 atom stereocenters. The first-order valence-corrected chi connectivity index (χ1v) is 8.05. The highest BCUT2D eigenvalue weighted by Gasteiger charge is 2.23. The number of aromatic nitrogens is 4. The largest absolute Gasteiger partial charge is 0.474 e. The topological polar surface area (TPSA) is 129 Å². The van der Waals surface area contributed by atoms with E-state index < -0.39 is 12.6 Å². The molecule has 0 aliphatic rings. The van der Waals surface area contributed by atoms with Crippen LogP contribution in [0.2, 0.25) is 0 Å². The van der Waals surface area contributed by atoms with Crippen LogP contribution >= 0.6 is 0 Å². The van der Waals surface area contributed by atoms with Crippen molar-refractivity contribution in [1.82, 2.24) is 25.3 Å². The van der Waals surface area contributed by atoms with Crippen LogP contribution in [-0.4, -0.2) is 39.1 Å². The molecule has 27 heavy (non-hydrogen) atoms. The molecular weight excluding hydrogens is 355 g/mol. The summed E-state index contributed by atoms with van der Waals surface area (Å²) in [6.07, 6.45) is 4.38. The minimum absolute atomic E-state index is 0.0310. The van der Waals surface area contributed by atoms with Crippen LogP contribution in [0.1, 0.15) is 21.6 Å². The highest BCUT2D eigenvalue weighted by atomic mass is 19.1. The molecule has 0 aromatic carbocycles. The molecule has 3 aromatic heterocycles. The number of halogens is 1. The first-order chi connectivity index (χ1) is 13.1. The van der Waals surface area contributed by atoms with Crippen LogP contribution in [-0.2, 0) is 6.54 Å². The number of carbonyl (C=O) groups is 1. The Morgan fingerprint density at radius 3 is 2.89 bits per heavy atom. The normalized spacial score (nSPS) is 10.6. The van der Waals surface area contributed by atoms with Crippen LogP contribution in [0.15, 0.2) is 35.2 Å². The number of pyridine rings is 1. The number of nitrogen functional groups attached to an aromatic ring is 1. The predicted molar refractivity (Wildman–Crippen MR) is 93.6 cm³/mol. The monoisotopic (exact) mass is 372 g/mol. The van der Waals surface area contributed by atoms with Crippen LogP contribution < -0.4 is 15.8 Å². The van der Waals surface area contributed by atoms with Crippen LogP contribution in [0.25, 0.3) is 11.7 Å². The van der Waals surface area contributed by atoms with Crippen molar-refractivity contribution in [3.05, 3.63) is 47.6 Å². The van der Waals surface area contributed by atoms with Gasteiger partial charge in [0.05, 0.1) is 18.4 Å². The molecule has 0 radical (unpaired) electrons. The number of ether oxygens (including phenoxy) is 1. The van der Waals surface area contributed by atoms with Crippen molar-refractivity contribution in [1.29, 1.82) is 0 Å². The number of anilines is 1. The lowest BCUT2D eigenvalue weighted by Gasteiger charge is -2.13. The number of carbonyl (C=O) groups excluding carboxylic acids is 1. The number of rotatable bonds is 7. The summed E-state index contributed by atoms with van der Waals surface area (Å²) >= 11 is 0. The first kappa shape index (κ1) is 18.2. The van der Waals surface area contributed by atoms with Gasteiger partial charge in [-0.15, -0.1) is 0 Å². The maximum Gasteiger partial charge on any atom is 0.265 e. The summed E-state index contributed by atoms with van der Waals surface area (Å²) in [5.74, 6) is -0.720.